The first-order chi connectivity index (χ1) is 10.8. The van der Waals surface area contributed by atoms with Gasteiger partial charge in [0, 0.05) is 19.2 Å². The number of halogens is 4. The van der Waals surface area contributed by atoms with Crippen molar-refractivity contribution in [2.75, 3.05) is 31.1 Å². The second-order valence-electron chi connectivity index (χ2n) is 5.41. The Balaban J connectivity index is 1.83. The Morgan fingerprint density at radius 2 is 2.26 bits per heavy atom. The number of pyridine rings is 1. The standard InChI is InChI=1S/C13H13F4N3O3/c14-8-1-9(3-18-2-8)20-5-10-4-19-6-12(7-20,22-10)23-11(21)13(15,16)17/h1-3,10,19H,4-7H2. The summed E-state index contributed by atoms with van der Waals surface area (Å²) in [6, 6.07) is 1.21. The van der Waals surface area contributed by atoms with Gasteiger partial charge in [0.1, 0.15) is 5.82 Å². The molecular weight excluding hydrogens is 322 g/mol. The van der Waals surface area contributed by atoms with Crippen molar-refractivity contribution < 1.29 is 31.8 Å². The van der Waals surface area contributed by atoms with Gasteiger partial charge in [0.25, 0.3) is 0 Å². The highest BCUT2D eigenvalue weighted by atomic mass is 19.4. The van der Waals surface area contributed by atoms with Gasteiger partial charge in [0.15, 0.2) is 0 Å². The van der Waals surface area contributed by atoms with Gasteiger partial charge < -0.3 is 19.7 Å². The predicted molar refractivity (Wildman–Crippen MR) is 69.0 cm³/mol. The Morgan fingerprint density at radius 3 is 2.96 bits per heavy atom. The number of nitrogens with zero attached hydrogens (tertiary/aromatic N) is 2. The zero-order valence-corrected chi connectivity index (χ0v) is 11.8. The summed E-state index contributed by atoms with van der Waals surface area (Å²) in [5, 5.41) is 2.88. The van der Waals surface area contributed by atoms with Gasteiger partial charge in [-0.25, -0.2) is 9.18 Å². The topological polar surface area (TPSA) is 63.7 Å². The van der Waals surface area contributed by atoms with Crippen LogP contribution in [0, 0.1) is 5.82 Å². The Labute approximate surface area is 128 Å². The van der Waals surface area contributed by atoms with E-state index in [4.69, 9.17) is 4.74 Å². The maximum absolute atomic E-state index is 13.3. The van der Waals surface area contributed by atoms with Crippen LogP contribution < -0.4 is 10.2 Å². The average Bonchev–Trinajstić information content (AvgIpc) is 2.45. The molecule has 0 saturated carbocycles. The number of ether oxygens (including phenoxy) is 2. The molecule has 3 rings (SSSR count). The summed E-state index contributed by atoms with van der Waals surface area (Å²) in [4.78, 5) is 16.5. The number of anilines is 1. The summed E-state index contributed by atoms with van der Waals surface area (Å²) in [5.41, 5.74) is 0.382. The number of rotatable bonds is 2. The van der Waals surface area contributed by atoms with E-state index in [1.807, 2.05) is 0 Å². The third-order valence-electron chi connectivity index (χ3n) is 3.57. The summed E-state index contributed by atoms with van der Waals surface area (Å²) in [6.45, 7) is 0.433. The Hall–Kier alpha value is -1.94. The van der Waals surface area contributed by atoms with Crippen LogP contribution >= 0.6 is 0 Å². The third-order valence-corrected chi connectivity index (χ3v) is 3.57. The lowest BCUT2D eigenvalue weighted by Crippen LogP contribution is -2.68. The summed E-state index contributed by atoms with van der Waals surface area (Å²) < 4.78 is 60.8. The highest BCUT2D eigenvalue weighted by Gasteiger charge is 2.52. The van der Waals surface area contributed by atoms with Crippen molar-refractivity contribution in [1.29, 1.82) is 0 Å². The molecule has 3 heterocycles. The third kappa shape index (κ3) is 3.37. The molecule has 0 aromatic carbocycles. The molecule has 2 fully saturated rings. The van der Waals surface area contributed by atoms with Crippen LogP contribution in [-0.4, -0.2) is 55.2 Å². The van der Waals surface area contributed by atoms with Crippen molar-refractivity contribution in [3.05, 3.63) is 24.3 Å². The number of morpholine rings is 2. The molecule has 10 heteroatoms. The molecule has 2 saturated heterocycles. The van der Waals surface area contributed by atoms with E-state index in [1.165, 1.54) is 12.3 Å². The zero-order chi connectivity index (χ0) is 16.7. The van der Waals surface area contributed by atoms with Crippen molar-refractivity contribution in [1.82, 2.24) is 10.3 Å². The number of esters is 1. The number of fused-ring (bicyclic) bond motifs is 2. The van der Waals surface area contributed by atoms with E-state index >= 15 is 0 Å². The molecule has 2 atom stereocenters. The van der Waals surface area contributed by atoms with Crippen molar-refractivity contribution in [3.8, 4) is 0 Å². The van der Waals surface area contributed by atoms with Crippen LogP contribution in [0.4, 0.5) is 23.2 Å². The van der Waals surface area contributed by atoms with Crippen molar-refractivity contribution in [2.45, 2.75) is 18.1 Å². The van der Waals surface area contributed by atoms with Gasteiger partial charge in [-0.3, -0.25) is 4.98 Å². The highest BCUT2D eigenvalue weighted by Crippen LogP contribution is 2.31. The number of aromatic nitrogens is 1. The minimum atomic E-state index is -5.12. The normalized spacial score (nSPS) is 27.7. The molecule has 0 radical (unpaired) electrons. The summed E-state index contributed by atoms with van der Waals surface area (Å²) in [5.74, 6) is -4.67. The highest BCUT2D eigenvalue weighted by molar-refractivity contribution is 5.76. The van der Waals surface area contributed by atoms with Gasteiger partial charge in [-0.2, -0.15) is 13.2 Å². The largest absolute Gasteiger partial charge is 0.491 e. The first-order valence-corrected chi connectivity index (χ1v) is 6.82. The van der Waals surface area contributed by atoms with E-state index in [9.17, 15) is 22.4 Å². The van der Waals surface area contributed by atoms with E-state index in [0.717, 1.165) is 6.20 Å². The molecule has 0 spiro atoms. The minimum Gasteiger partial charge on any atom is -0.423 e. The molecule has 6 nitrogen and oxygen atoms in total. The molecule has 2 aliphatic heterocycles. The molecule has 0 aliphatic carbocycles. The molecular formula is C13H13F4N3O3. The van der Waals surface area contributed by atoms with Gasteiger partial charge in [0.05, 0.1) is 37.3 Å². The fourth-order valence-corrected chi connectivity index (χ4v) is 2.70. The van der Waals surface area contributed by atoms with E-state index in [-0.39, 0.29) is 13.1 Å². The van der Waals surface area contributed by atoms with Gasteiger partial charge >= 0.3 is 12.1 Å². The van der Waals surface area contributed by atoms with Crippen molar-refractivity contribution in [3.63, 3.8) is 0 Å². The van der Waals surface area contributed by atoms with Gasteiger partial charge in [-0.1, -0.05) is 0 Å². The average molecular weight is 335 g/mol. The van der Waals surface area contributed by atoms with Crippen LogP contribution in [0.5, 0.6) is 0 Å². The minimum absolute atomic E-state index is 0.0927. The molecule has 2 unspecified atom stereocenters. The second kappa shape index (κ2) is 5.60. The molecule has 1 aromatic rings. The SMILES string of the molecule is O=C(OC12CNCC(CN(c3cncc(F)c3)C1)O2)C(F)(F)F. The quantitative estimate of drug-likeness (QED) is 0.638. The van der Waals surface area contributed by atoms with Crippen LogP contribution in [0.15, 0.2) is 18.5 Å². The first kappa shape index (κ1) is 15.9. The zero-order valence-electron chi connectivity index (χ0n) is 11.8. The Morgan fingerprint density at radius 1 is 1.48 bits per heavy atom. The number of alkyl halides is 3. The Kier molecular flexibility index (Phi) is 3.88. The molecule has 2 bridgehead atoms. The maximum atomic E-state index is 13.3. The van der Waals surface area contributed by atoms with Crippen molar-refractivity contribution in [2.24, 2.45) is 0 Å². The van der Waals surface area contributed by atoms with E-state index in [0.29, 0.717) is 18.8 Å². The van der Waals surface area contributed by atoms with Gasteiger partial charge in [0.2, 0.25) is 5.79 Å². The first-order valence-electron chi connectivity index (χ1n) is 6.82. The molecule has 2 aliphatic rings. The number of carbonyl (C=O) groups excluding carboxylic acids is 1. The molecule has 23 heavy (non-hydrogen) atoms. The fraction of sp³-hybridized carbons (Fsp3) is 0.538. The molecule has 126 valence electrons. The summed E-state index contributed by atoms with van der Waals surface area (Å²) in [6.07, 6.45) is -3.21. The smallest absolute Gasteiger partial charge is 0.423 e. The second-order valence-corrected chi connectivity index (χ2v) is 5.41. The summed E-state index contributed by atoms with van der Waals surface area (Å²) >= 11 is 0. The monoisotopic (exact) mass is 335 g/mol. The molecule has 1 N–H and O–H groups in total. The molecule has 0 amide bonds. The van der Waals surface area contributed by atoms with E-state index in [1.54, 1.807) is 4.90 Å². The van der Waals surface area contributed by atoms with Crippen LogP contribution in [0.1, 0.15) is 0 Å². The maximum Gasteiger partial charge on any atom is 0.491 e. The number of carbonyl (C=O) groups is 1. The summed E-state index contributed by atoms with van der Waals surface area (Å²) in [7, 11) is 0. The number of hydrogen-bond acceptors (Lipinski definition) is 6. The van der Waals surface area contributed by atoms with Gasteiger partial charge in [-0.15, -0.1) is 0 Å². The predicted octanol–water partition coefficient (Wildman–Crippen LogP) is 0.831. The fourth-order valence-electron chi connectivity index (χ4n) is 2.70. The van der Waals surface area contributed by atoms with Crippen LogP contribution in [0.25, 0.3) is 0 Å². The Bertz CT molecular complexity index is 612. The molecule has 1 aromatic heterocycles. The van der Waals surface area contributed by atoms with Crippen LogP contribution in [-0.2, 0) is 14.3 Å². The van der Waals surface area contributed by atoms with Crippen molar-refractivity contribution >= 4 is 11.7 Å². The van der Waals surface area contributed by atoms with Crippen LogP contribution in [0.3, 0.4) is 0 Å². The van der Waals surface area contributed by atoms with E-state index < -0.39 is 29.9 Å². The lowest BCUT2D eigenvalue weighted by molar-refractivity contribution is -0.284. The lowest BCUT2D eigenvalue weighted by atomic mass is 10.1. The van der Waals surface area contributed by atoms with Gasteiger partial charge in [-0.05, 0) is 0 Å². The van der Waals surface area contributed by atoms with Crippen LogP contribution in [0.2, 0.25) is 0 Å². The lowest BCUT2D eigenvalue weighted by Gasteiger charge is -2.49. The number of nitrogens with one attached hydrogen (secondary N) is 1. The van der Waals surface area contributed by atoms with E-state index in [2.05, 4.69) is 15.0 Å². The number of hydrogen-bond donors (Lipinski definition) is 1.